The number of benzene rings is 2. The van der Waals surface area contributed by atoms with Crippen LogP contribution >= 0.6 is 7.05 Å². The van der Waals surface area contributed by atoms with E-state index >= 15 is 0 Å². The Bertz CT molecular complexity index is 613. The summed E-state index contributed by atoms with van der Waals surface area (Å²) in [6.07, 6.45) is 10.0. The third-order valence-electron chi connectivity index (χ3n) is 4.52. The number of rotatable bonds is 3. The predicted molar refractivity (Wildman–Crippen MR) is 141 cm³/mol. The van der Waals surface area contributed by atoms with Gasteiger partial charge in [0.2, 0.25) is 0 Å². The molecule has 0 unspecified atom stereocenters. The molecule has 5 heteroatoms. The summed E-state index contributed by atoms with van der Waals surface area (Å²) < 4.78 is 0. The van der Waals surface area contributed by atoms with Crippen molar-refractivity contribution < 1.29 is 21.7 Å². The fraction of sp³-hybridized carbons (Fsp3) is 0.346. The van der Waals surface area contributed by atoms with Gasteiger partial charge in [0.05, 0.1) is 0 Å². The molecule has 0 N–H and O–H groups in total. The molecule has 0 heterocycles. The SMILES string of the molecule is CC(C)P(=[N-])(C(C)C)C(C)C.[CH]1[CH][CH][CH][CH]1.[S-]c1ccccc1.[S-]c1ccccc1.[Ti+4]. The van der Waals surface area contributed by atoms with Gasteiger partial charge in [-0.2, -0.15) is 9.79 Å². The Hall–Kier alpha value is -0.176. The van der Waals surface area contributed by atoms with Crippen LogP contribution in [0.5, 0.6) is 0 Å². The van der Waals surface area contributed by atoms with Crippen LogP contribution in [0.1, 0.15) is 41.5 Å². The van der Waals surface area contributed by atoms with Crippen LogP contribution in [0.25, 0.3) is 5.16 Å². The standard InChI is InChI=1S/C9H21NP.2C6H6S.C5H5.Ti/c1-7(2)11(10,8(3)4)9(5)6;2*7-6-4-2-1-3-5-6;1-2-4-5-3-1;/h7-9H,1-6H3;2*1-5,7H;1-5H;/q-1;;;;+4/p-2. The van der Waals surface area contributed by atoms with Gasteiger partial charge >= 0.3 is 21.7 Å². The Labute approximate surface area is 219 Å². The summed E-state index contributed by atoms with van der Waals surface area (Å²) in [6.45, 7) is 12.8. The molecule has 0 atom stereocenters. The van der Waals surface area contributed by atoms with Crippen LogP contribution in [-0.4, -0.2) is 17.0 Å². The predicted octanol–water partition coefficient (Wildman–Crippen LogP) is 8.19. The van der Waals surface area contributed by atoms with Crippen molar-refractivity contribution in [3.63, 3.8) is 0 Å². The zero-order chi connectivity index (χ0) is 23.0. The van der Waals surface area contributed by atoms with Crippen molar-refractivity contribution in [1.29, 1.82) is 0 Å². The van der Waals surface area contributed by atoms with Gasteiger partial charge in [-0.3, -0.25) is 0 Å². The molecule has 2 aromatic carbocycles. The topological polar surface area (TPSA) is 22.3 Å². The molecule has 5 radical (unpaired) electrons. The van der Waals surface area contributed by atoms with E-state index in [1.54, 1.807) is 0 Å². The van der Waals surface area contributed by atoms with Crippen LogP contribution in [0.4, 0.5) is 0 Å². The van der Waals surface area contributed by atoms with Crippen LogP contribution in [0.2, 0.25) is 0 Å². The first-order valence-electron chi connectivity index (χ1n) is 10.3. The molecular formula is C26H36NPS2Ti+. The Balaban J connectivity index is 0. The monoisotopic (exact) mass is 505 g/mol. The number of hydrogen-bond acceptors (Lipinski definition) is 2. The molecule has 1 aliphatic carbocycles. The van der Waals surface area contributed by atoms with Crippen molar-refractivity contribution in [3.8, 4) is 0 Å². The van der Waals surface area contributed by atoms with E-state index in [4.69, 9.17) is 25.3 Å². The molecule has 1 aliphatic rings. The first-order valence-corrected chi connectivity index (χ1v) is 13.1. The van der Waals surface area contributed by atoms with Crippen LogP contribution < -0.4 is 0 Å². The summed E-state index contributed by atoms with van der Waals surface area (Å²) in [6, 6.07) is 19.2. The van der Waals surface area contributed by atoms with Crippen LogP contribution in [0, 0.1) is 32.1 Å². The van der Waals surface area contributed by atoms with Gasteiger partial charge in [-0.1, -0.05) is 102 Å². The van der Waals surface area contributed by atoms with E-state index in [1.165, 1.54) is 0 Å². The zero-order valence-electron chi connectivity index (χ0n) is 19.6. The summed E-state index contributed by atoms with van der Waals surface area (Å²) >= 11 is 9.62. The summed E-state index contributed by atoms with van der Waals surface area (Å²) in [5, 5.41) is 10.4. The van der Waals surface area contributed by atoms with E-state index in [-0.39, 0.29) is 21.7 Å². The normalized spacial score (nSPS) is 12.5. The van der Waals surface area contributed by atoms with Crippen molar-refractivity contribution >= 4 is 32.3 Å². The zero-order valence-corrected chi connectivity index (χ0v) is 23.7. The second kappa shape index (κ2) is 19.3. The largest absolute Gasteiger partial charge is 4.00 e. The van der Waals surface area contributed by atoms with Gasteiger partial charge < -0.3 is 30.4 Å². The molecule has 1 saturated carbocycles. The first kappa shape index (κ1) is 33.0. The van der Waals surface area contributed by atoms with Gasteiger partial charge in [0.1, 0.15) is 0 Å². The van der Waals surface area contributed by atoms with Gasteiger partial charge in [-0.15, -0.1) is 0 Å². The maximum Gasteiger partial charge on any atom is 4.00 e. The van der Waals surface area contributed by atoms with Crippen LogP contribution in [0.15, 0.2) is 70.5 Å². The Kier molecular flexibility index (Phi) is 20.6. The molecular weight excluding hydrogens is 469 g/mol. The molecule has 0 aliphatic heterocycles. The van der Waals surface area contributed by atoms with Crippen LogP contribution in [-0.2, 0) is 47.0 Å². The second-order valence-corrected chi connectivity index (χ2v) is 13.3. The van der Waals surface area contributed by atoms with Gasteiger partial charge in [-0.25, -0.2) is 7.05 Å². The minimum atomic E-state index is -1.69. The Morgan fingerprint density at radius 2 is 0.774 bits per heavy atom. The van der Waals surface area contributed by atoms with Crippen molar-refractivity contribution in [2.24, 2.45) is 0 Å². The molecule has 0 aromatic heterocycles. The van der Waals surface area contributed by atoms with Gasteiger partial charge in [-0.05, 0) is 49.1 Å². The molecule has 165 valence electrons. The molecule has 2 aromatic rings. The Morgan fingerprint density at radius 1 is 0.548 bits per heavy atom. The fourth-order valence-electron chi connectivity index (χ4n) is 2.95. The van der Waals surface area contributed by atoms with Crippen LogP contribution in [0.3, 0.4) is 0 Å². The molecule has 0 saturated heterocycles. The minimum absolute atomic E-state index is 0. The first-order chi connectivity index (χ1) is 14.1. The van der Waals surface area contributed by atoms with E-state index < -0.39 is 7.05 Å². The third-order valence-corrected chi connectivity index (χ3v) is 10.0. The van der Waals surface area contributed by atoms with E-state index in [0.29, 0.717) is 17.0 Å². The molecule has 0 spiro atoms. The molecule has 31 heavy (non-hydrogen) atoms. The summed E-state index contributed by atoms with van der Waals surface area (Å²) in [5.74, 6) is 0. The smallest absolute Gasteiger partial charge is 0.807 e. The van der Waals surface area contributed by atoms with Crippen molar-refractivity contribution in [1.82, 2.24) is 0 Å². The average molecular weight is 506 g/mol. The molecule has 0 amide bonds. The Morgan fingerprint density at radius 3 is 0.871 bits per heavy atom. The summed E-state index contributed by atoms with van der Waals surface area (Å²) in [5.41, 5.74) is 1.34. The maximum absolute atomic E-state index is 10.4. The van der Waals surface area contributed by atoms with E-state index in [9.17, 15) is 5.16 Å². The average Bonchev–Trinajstić information content (AvgIpc) is 3.29. The summed E-state index contributed by atoms with van der Waals surface area (Å²) in [7, 11) is -1.69. The fourth-order valence-corrected chi connectivity index (χ4v) is 6.84. The van der Waals surface area contributed by atoms with Crippen molar-refractivity contribution in [2.75, 3.05) is 0 Å². The van der Waals surface area contributed by atoms with Gasteiger partial charge in [0.25, 0.3) is 0 Å². The van der Waals surface area contributed by atoms with Gasteiger partial charge in [0, 0.05) is 0 Å². The van der Waals surface area contributed by atoms with E-state index in [1.807, 2.05) is 92.8 Å². The molecule has 1 fully saturated rings. The summed E-state index contributed by atoms with van der Waals surface area (Å²) in [4.78, 5) is 1.81. The third kappa shape index (κ3) is 15.3. The minimum Gasteiger partial charge on any atom is -0.807 e. The van der Waals surface area contributed by atoms with Gasteiger partial charge in [0.15, 0.2) is 0 Å². The molecule has 3 rings (SSSR count). The quantitative estimate of drug-likeness (QED) is 0.238. The number of hydrogen-bond donors (Lipinski definition) is 0. The maximum atomic E-state index is 10.4. The molecule has 1 nitrogen and oxygen atoms in total. The van der Waals surface area contributed by atoms with Crippen molar-refractivity contribution in [3.05, 3.63) is 97.9 Å². The van der Waals surface area contributed by atoms with E-state index in [0.717, 1.165) is 9.79 Å². The number of nitrogens with zero attached hydrogens (tertiary/aromatic N) is 1. The van der Waals surface area contributed by atoms with E-state index in [2.05, 4.69) is 41.5 Å². The second-order valence-electron chi connectivity index (χ2n) is 7.66. The molecule has 0 bridgehead atoms. The van der Waals surface area contributed by atoms with Crippen molar-refractivity contribution in [2.45, 2.75) is 68.3 Å².